The number of nitrogens with zero attached hydrogens (tertiary/aromatic N) is 1. The first kappa shape index (κ1) is 15.2. The molecule has 5 heteroatoms. The van der Waals surface area contributed by atoms with E-state index in [0.29, 0.717) is 6.61 Å². The first-order chi connectivity index (χ1) is 8.99. The number of nitrogens with one attached hydrogen (secondary N) is 1. The number of carbonyl (C=O) groups excluding carboxylic acids is 1. The van der Waals surface area contributed by atoms with Crippen LogP contribution in [0.15, 0.2) is 30.3 Å². The molecule has 0 spiro atoms. The molecule has 0 fully saturated rings. The minimum Gasteiger partial charge on any atom is -0.464 e. The summed E-state index contributed by atoms with van der Waals surface area (Å²) in [5, 5.41) is 7.01. The highest BCUT2D eigenvalue weighted by molar-refractivity contribution is 5.94. The van der Waals surface area contributed by atoms with Gasteiger partial charge in [0.25, 0.3) is 0 Å². The van der Waals surface area contributed by atoms with E-state index in [2.05, 4.69) is 17.0 Å². The summed E-state index contributed by atoms with van der Waals surface area (Å²) in [5.74, 6) is -0.622. The summed E-state index contributed by atoms with van der Waals surface area (Å²) in [6.07, 6.45) is -0.144. The molecular formula is C14H21N3O2. The fraction of sp³-hybridized carbons (Fsp3) is 0.429. The quantitative estimate of drug-likeness (QED) is 0.442. The third kappa shape index (κ3) is 6.01. The average molecular weight is 263 g/mol. The van der Waals surface area contributed by atoms with Gasteiger partial charge in [-0.25, -0.2) is 0 Å². The van der Waals surface area contributed by atoms with Gasteiger partial charge in [-0.15, -0.1) is 0 Å². The molecule has 0 aliphatic carbocycles. The van der Waals surface area contributed by atoms with E-state index in [-0.39, 0.29) is 18.3 Å². The maximum atomic E-state index is 11.3. The predicted molar refractivity (Wildman–Crippen MR) is 74.9 cm³/mol. The lowest BCUT2D eigenvalue weighted by Gasteiger charge is -2.24. The molecular weight excluding hydrogens is 242 g/mol. The highest BCUT2D eigenvalue weighted by Gasteiger charge is 2.13. The van der Waals surface area contributed by atoms with E-state index < -0.39 is 5.97 Å². The van der Waals surface area contributed by atoms with Crippen LogP contribution in [0.1, 0.15) is 18.9 Å². The number of likely N-dealkylation sites (N-methyl/N-ethyl adjacent to an activating group) is 1. The summed E-state index contributed by atoms with van der Waals surface area (Å²) in [6.45, 7) is 3.09. The Labute approximate surface area is 113 Å². The van der Waals surface area contributed by atoms with Crippen molar-refractivity contribution in [2.24, 2.45) is 5.73 Å². The van der Waals surface area contributed by atoms with Crippen molar-refractivity contribution < 1.29 is 9.53 Å². The number of hydrogen-bond donors (Lipinski definition) is 2. The summed E-state index contributed by atoms with van der Waals surface area (Å²) in [6, 6.07) is 10.2. The van der Waals surface area contributed by atoms with Gasteiger partial charge < -0.3 is 10.5 Å². The van der Waals surface area contributed by atoms with Crippen molar-refractivity contribution >= 4 is 11.8 Å². The summed E-state index contributed by atoms with van der Waals surface area (Å²) in [4.78, 5) is 13.4. The van der Waals surface area contributed by atoms with Crippen molar-refractivity contribution in [2.45, 2.75) is 25.9 Å². The molecule has 0 aliphatic rings. The Morgan fingerprint density at radius 2 is 2.05 bits per heavy atom. The molecule has 19 heavy (non-hydrogen) atoms. The highest BCUT2D eigenvalue weighted by Crippen LogP contribution is 2.06. The topological polar surface area (TPSA) is 79.4 Å². The third-order valence-corrected chi connectivity index (χ3v) is 2.85. The summed E-state index contributed by atoms with van der Waals surface area (Å²) in [5.41, 5.74) is 6.35. The lowest BCUT2D eigenvalue weighted by Crippen LogP contribution is -2.33. The fourth-order valence-corrected chi connectivity index (χ4v) is 1.57. The van der Waals surface area contributed by atoms with E-state index in [4.69, 9.17) is 15.9 Å². The Morgan fingerprint density at radius 1 is 1.42 bits per heavy atom. The maximum Gasteiger partial charge on any atom is 0.313 e. The van der Waals surface area contributed by atoms with Crippen molar-refractivity contribution in [1.29, 1.82) is 5.41 Å². The van der Waals surface area contributed by atoms with Crippen molar-refractivity contribution in [3.63, 3.8) is 0 Å². The zero-order valence-corrected chi connectivity index (χ0v) is 11.4. The molecule has 0 aromatic heterocycles. The molecule has 1 aromatic rings. The number of hydrogen-bond acceptors (Lipinski definition) is 4. The molecule has 1 atom stereocenters. The molecule has 0 bridgehead atoms. The lowest BCUT2D eigenvalue weighted by molar-refractivity contribution is -0.143. The first-order valence-corrected chi connectivity index (χ1v) is 6.21. The van der Waals surface area contributed by atoms with Crippen LogP contribution in [0.3, 0.4) is 0 Å². The van der Waals surface area contributed by atoms with Crippen molar-refractivity contribution in [1.82, 2.24) is 4.90 Å². The SMILES string of the molecule is CC(COC(=O)CC(=N)N)N(C)Cc1ccccc1. The van der Waals surface area contributed by atoms with Gasteiger partial charge in [0.2, 0.25) is 0 Å². The number of amidine groups is 1. The van der Waals surface area contributed by atoms with Gasteiger partial charge in [0, 0.05) is 12.6 Å². The highest BCUT2D eigenvalue weighted by atomic mass is 16.5. The van der Waals surface area contributed by atoms with E-state index in [1.807, 2.05) is 32.2 Å². The molecule has 0 saturated heterocycles. The van der Waals surface area contributed by atoms with E-state index in [9.17, 15) is 4.79 Å². The van der Waals surface area contributed by atoms with Crippen LogP contribution in [0.5, 0.6) is 0 Å². The van der Waals surface area contributed by atoms with Gasteiger partial charge in [0.05, 0.1) is 0 Å². The second-order valence-electron chi connectivity index (χ2n) is 4.63. The lowest BCUT2D eigenvalue weighted by atomic mass is 10.2. The summed E-state index contributed by atoms with van der Waals surface area (Å²) in [7, 11) is 1.98. The number of benzene rings is 1. The van der Waals surface area contributed by atoms with Crippen molar-refractivity contribution in [3.8, 4) is 0 Å². The third-order valence-electron chi connectivity index (χ3n) is 2.85. The van der Waals surface area contributed by atoms with Gasteiger partial charge in [-0.3, -0.25) is 15.1 Å². The maximum absolute atomic E-state index is 11.3. The van der Waals surface area contributed by atoms with Gasteiger partial charge in [0.1, 0.15) is 18.9 Å². The smallest absolute Gasteiger partial charge is 0.313 e. The molecule has 1 aromatic carbocycles. The van der Waals surface area contributed by atoms with Crippen LogP contribution in [0, 0.1) is 5.41 Å². The molecule has 0 radical (unpaired) electrons. The Balaban J connectivity index is 2.34. The van der Waals surface area contributed by atoms with Gasteiger partial charge in [-0.05, 0) is 19.5 Å². The number of ether oxygens (including phenoxy) is 1. The van der Waals surface area contributed by atoms with Crippen LogP contribution in [-0.4, -0.2) is 36.4 Å². The standard InChI is InChI=1S/C14H21N3O2/c1-11(10-19-14(18)8-13(15)16)17(2)9-12-6-4-3-5-7-12/h3-7,11H,8-10H2,1-2H3,(H3,15,16). The summed E-state index contributed by atoms with van der Waals surface area (Å²) >= 11 is 0. The molecule has 5 nitrogen and oxygen atoms in total. The molecule has 0 heterocycles. The fourth-order valence-electron chi connectivity index (χ4n) is 1.57. The second-order valence-corrected chi connectivity index (χ2v) is 4.63. The van der Waals surface area contributed by atoms with Crippen LogP contribution in [-0.2, 0) is 16.1 Å². The largest absolute Gasteiger partial charge is 0.464 e. The molecule has 0 saturated carbocycles. The second kappa shape index (κ2) is 7.53. The van der Waals surface area contributed by atoms with Crippen molar-refractivity contribution in [2.75, 3.05) is 13.7 Å². The molecule has 0 aliphatic heterocycles. The number of esters is 1. The minimum atomic E-state index is -0.451. The summed E-state index contributed by atoms with van der Waals surface area (Å²) < 4.78 is 5.07. The van der Waals surface area contributed by atoms with E-state index >= 15 is 0 Å². The average Bonchev–Trinajstić information content (AvgIpc) is 2.36. The van der Waals surface area contributed by atoms with Gasteiger partial charge >= 0.3 is 5.97 Å². The van der Waals surface area contributed by atoms with Crippen LogP contribution in [0.4, 0.5) is 0 Å². The molecule has 0 amide bonds. The number of rotatable bonds is 7. The number of carbonyl (C=O) groups is 1. The molecule has 3 N–H and O–H groups in total. The predicted octanol–water partition coefficient (Wildman–Crippen LogP) is 1.38. The van der Waals surface area contributed by atoms with Crippen LogP contribution >= 0.6 is 0 Å². The van der Waals surface area contributed by atoms with Crippen molar-refractivity contribution in [3.05, 3.63) is 35.9 Å². The monoisotopic (exact) mass is 263 g/mol. The van der Waals surface area contributed by atoms with E-state index in [0.717, 1.165) is 6.54 Å². The Morgan fingerprint density at radius 3 is 2.63 bits per heavy atom. The zero-order valence-electron chi connectivity index (χ0n) is 11.4. The Kier molecular flexibility index (Phi) is 6.02. The van der Waals surface area contributed by atoms with Crippen LogP contribution < -0.4 is 5.73 Å². The van der Waals surface area contributed by atoms with Crippen LogP contribution in [0.25, 0.3) is 0 Å². The molecule has 104 valence electrons. The van der Waals surface area contributed by atoms with Gasteiger partial charge in [-0.2, -0.15) is 0 Å². The van der Waals surface area contributed by atoms with Crippen LogP contribution in [0.2, 0.25) is 0 Å². The van der Waals surface area contributed by atoms with E-state index in [1.165, 1.54) is 5.56 Å². The molecule has 1 rings (SSSR count). The Bertz CT molecular complexity index is 420. The zero-order chi connectivity index (χ0) is 14.3. The van der Waals surface area contributed by atoms with Gasteiger partial charge in [0.15, 0.2) is 0 Å². The number of nitrogens with two attached hydrogens (primary N) is 1. The van der Waals surface area contributed by atoms with Gasteiger partial charge in [-0.1, -0.05) is 30.3 Å². The minimum absolute atomic E-state index is 0.108. The normalized spacial score (nSPS) is 12.2. The Hall–Kier alpha value is -1.88. The molecule has 1 unspecified atom stereocenters. The van der Waals surface area contributed by atoms with E-state index in [1.54, 1.807) is 0 Å². The first-order valence-electron chi connectivity index (χ1n) is 6.21.